The lowest BCUT2D eigenvalue weighted by molar-refractivity contribution is 0.102. The van der Waals surface area contributed by atoms with Gasteiger partial charge < -0.3 is 0 Å². The molecule has 0 saturated heterocycles. The van der Waals surface area contributed by atoms with Gasteiger partial charge in [0.25, 0.3) is 15.9 Å². The van der Waals surface area contributed by atoms with Gasteiger partial charge in [-0.05, 0) is 60.2 Å². The van der Waals surface area contributed by atoms with E-state index in [4.69, 9.17) is 0 Å². The number of nitrogens with one attached hydrogen (secondary N) is 1. The van der Waals surface area contributed by atoms with Gasteiger partial charge in [0.2, 0.25) is 0 Å². The van der Waals surface area contributed by atoms with E-state index in [1.54, 1.807) is 12.1 Å². The SMILES string of the molecule is O=C(Nc1nc2ccc3ccccc3c2s1)c1ccc(S(=O)(=O)N2CCCc3ccccc32)cc1. The number of anilines is 2. The summed E-state index contributed by atoms with van der Waals surface area (Å²) < 4.78 is 29.2. The van der Waals surface area contributed by atoms with Crippen molar-refractivity contribution in [1.29, 1.82) is 0 Å². The number of hydrogen-bond donors (Lipinski definition) is 1. The van der Waals surface area contributed by atoms with E-state index in [0.717, 1.165) is 45.1 Å². The molecule has 1 N–H and O–H groups in total. The first-order chi connectivity index (χ1) is 17.0. The minimum absolute atomic E-state index is 0.164. The van der Waals surface area contributed by atoms with Crippen LogP contribution in [0.25, 0.3) is 21.0 Å². The Morgan fingerprint density at radius 2 is 1.69 bits per heavy atom. The smallest absolute Gasteiger partial charge is 0.264 e. The highest BCUT2D eigenvalue weighted by molar-refractivity contribution is 7.92. The van der Waals surface area contributed by atoms with Crippen molar-refractivity contribution in [1.82, 2.24) is 4.98 Å². The van der Waals surface area contributed by atoms with E-state index < -0.39 is 10.0 Å². The Bertz CT molecular complexity index is 1690. The van der Waals surface area contributed by atoms with E-state index >= 15 is 0 Å². The van der Waals surface area contributed by atoms with Crippen LogP contribution >= 0.6 is 11.3 Å². The van der Waals surface area contributed by atoms with Crippen molar-refractivity contribution in [2.24, 2.45) is 0 Å². The first-order valence-electron chi connectivity index (χ1n) is 11.3. The Morgan fingerprint density at radius 1 is 0.914 bits per heavy atom. The highest BCUT2D eigenvalue weighted by Crippen LogP contribution is 2.34. The van der Waals surface area contributed by atoms with Crippen molar-refractivity contribution in [3.63, 3.8) is 0 Å². The van der Waals surface area contributed by atoms with Gasteiger partial charge in [-0.1, -0.05) is 59.9 Å². The van der Waals surface area contributed by atoms with E-state index in [9.17, 15) is 13.2 Å². The molecule has 2 heterocycles. The van der Waals surface area contributed by atoms with E-state index in [2.05, 4.69) is 10.3 Å². The summed E-state index contributed by atoms with van der Waals surface area (Å²) in [7, 11) is -3.72. The van der Waals surface area contributed by atoms with Crippen LogP contribution in [0, 0.1) is 0 Å². The molecule has 1 amide bonds. The number of carbonyl (C=O) groups excluding carboxylic acids is 1. The van der Waals surface area contributed by atoms with Crippen LogP contribution in [-0.4, -0.2) is 25.9 Å². The predicted molar refractivity (Wildman–Crippen MR) is 141 cm³/mol. The van der Waals surface area contributed by atoms with Gasteiger partial charge in [-0.2, -0.15) is 0 Å². The average Bonchev–Trinajstić information content (AvgIpc) is 3.31. The normalized spacial score (nSPS) is 13.7. The standard InChI is InChI=1S/C27H21N3O3S2/c31-26(29-27-28-23-16-13-18-6-1-3-9-22(18)25(23)34-27)20-11-14-21(15-12-20)35(32,33)30-17-5-8-19-7-2-4-10-24(19)30/h1-4,6-7,9-16H,5,8,17H2,(H,28,29,31). The van der Waals surface area contributed by atoms with Gasteiger partial charge >= 0.3 is 0 Å². The van der Waals surface area contributed by atoms with Gasteiger partial charge in [0.1, 0.15) is 0 Å². The van der Waals surface area contributed by atoms with Crippen LogP contribution in [0.3, 0.4) is 0 Å². The summed E-state index contributed by atoms with van der Waals surface area (Å²) in [5, 5.41) is 5.57. The number of hydrogen-bond acceptors (Lipinski definition) is 5. The zero-order valence-corrected chi connectivity index (χ0v) is 20.3. The number of aryl methyl sites for hydroxylation is 1. The molecule has 35 heavy (non-hydrogen) atoms. The summed E-state index contributed by atoms with van der Waals surface area (Å²) in [6.45, 7) is 0.438. The molecule has 0 atom stereocenters. The molecule has 1 aliphatic heterocycles. The van der Waals surface area contributed by atoms with Gasteiger partial charge in [-0.15, -0.1) is 0 Å². The fourth-order valence-corrected chi connectivity index (χ4v) is 7.07. The largest absolute Gasteiger partial charge is 0.298 e. The number of sulfonamides is 1. The molecule has 174 valence electrons. The van der Waals surface area contributed by atoms with Crippen molar-refractivity contribution in [2.75, 3.05) is 16.2 Å². The van der Waals surface area contributed by atoms with Gasteiger partial charge in [0, 0.05) is 17.5 Å². The molecule has 6 nitrogen and oxygen atoms in total. The molecule has 1 aliphatic rings. The van der Waals surface area contributed by atoms with E-state index in [-0.39, 0.29) is 10.8 Å². The Hall–Kier alpha value is -3.75. The van der Waals surface area contributed by atoms with Gasteiger partial charge in [-0.3, -0.25) is 14.4 Å². The zero-order chi connectivity index (χ0) is 24.0. The maximum Gasteiger partial charge on any atom is 0.264 e. The summed E-state index contributed by atoms with van der Waals surface area (Å²) in [5.74, 6) is -0.333. The second-order valence-corrected chi connectivity index (χ2v) is 11.3. The van der Waals surface area contributed by atoms with E-state index in [1.165, 1.54) is 27.8 Å². The molecule has 5 aromatic rings. The number of amides is 1. The Kier molecular flexibility index (Phi) is 5.27. The minimum Gasteiger partial charge on any atom is -0.298 e. The van der Waals surface area contributed by atoms with Crippen LogP contribution in [0.1, 0.15) is 22.3 Å². The van der Waals surface area contributed by atoms with Gasteiger partial charge in [0.15, 0.2) is 5.13 Å². The monoisotopic (exact) mass is 499 g/mol. The van der Waals surface area contributed by atoms with Gasteiger partial charge in [-0.25, -0.2) is 13.4 Å². The number of nitrogens with zero attached hydrogens (tertiary/aromatic N) is 2. The molecule has 0 saturated carbocycles. The lowest BCUT2D eigenvalue weighted by atomic mass is 10.0. The molecule has 0 spiro atoms. The Balaban J connectivity index is 1.25. The summed E-state index contributed by atoms with van der Waals surface area (Å²) in [5.41, 5.74) is 2.95. The fraction of sp³-hybridized carbons (Fsp3) is 0.111. The third kappa shape index (κ3) is 3.84. The topological polar surface area (TPSA) is 79.4 Å². The van der Waals surface area contributed by atoms with Crippen molar-refractivity contribution in [3.8, 4) is 0 Å². The molecular formula is C27H21N3O3S2. The van der Waals surface area contributed by atoms with Crippen LogP contribution in [0.4, 0.5) is 10.8 Å². The zero-order valence-electron chi connectivity index (χ0n) is 18.6. The number of para-hydroxylation sites is 1. The number of benzene rings is 4. The molecule has 0 aliphatic carbocycles. The minimum atomic E-state index is -3.72. The number of aromatic nitrogens is 1. The first-order valence-corrected chi connectivity index (χ1v) is 13.6. The summed E-state index contributed by atoms with van der Waals surface area (Å²) in [4.78, 5) is 17.6. The molecule has 6 rings (SSSR count). The quantitative estimate of drug-likeness (QED) is 0.337. The molecule has 0 fully saturated rings. The number of carbonyl (C=O) groups is 1. The molecule has 0 radical (unpaired) electrons. The van der Waals surface area contributed by atoms with E-state index in [0.29, 0.717) is 17.2 Å². The molecule has 8 heteroatoms. The highest BCUT2D eigenvalue weighted by atomic mass is 32.2. The maximum absolute atomic E-state index is 13.3. The van der Waals surface area contributed by atoms with Crippen LogP contribution in [0.5, 0.6) is 0 Å². The van der Waals surface area contributed by atoms with E-state index in [1.807, 2.05) is 60.7 Å². The van der Waals surface area contributed by atoms with Crippen molar-refractivity contribution in [2.45, 2.75) is 17.7 Å². The van der Waals surface area contributed by atoms with Crippen molar-refractivity contribution >= 4 is 59.1 Å². The third-order valence-electron chi connectivity index (χ3n) is 6.27. The summed E-state index contributed by atoms with van der Waals surface area (Å²) in [6.07, 6.45) is 1.64. The Morgan fingerprint density at radius 3 is 2.54 bits per heavy atom. The predicted octanol–water partition coefficient (Wildman–Crippen LogP) is 5.84. The molecule has 1 aromatic heterocycles. The molecular weight excluding hydrogens is 478 g/mol. The lowest BCUT2D eigenvalue weighted by Gasteiger charge is -2.30. The number of thiazole rings is 1. The maximum atomic E-state index is 13.3. The fourth-order valence-electron chi connectivity index (χ4n) is 4.53. The first kappa shape index (κ1) is 21.8. The van der Waals surface area contributed by atoms with Crippen LogP contribution < -0.4 is 9.62 Å². The highest BCUT2D eigenvalue weighted by Gasteiger charge is 2.29. The molecule has 4 aromatic carbocycles. The van der Waals surface area contributed by atoms with Gasteiger partial charge in [0.05, 0.1) is 20.8 Å². The number of rotatable bonds is 4. The molecule has 0 bridgehead atoms. The van der Waals surface area contributed by atoms with Crippen LogP contribution in [0.2, 0.25) is 0 Å². The second kappa shape index (κ2) is 8.48. The van der Waals surface area contributed by atoms with Crippen molar-refractivity contribution in [3.05, 3.63) is 96.1 Å². The average molecular weight is 500 g/mol. The van der Waals surface area contributed by atoms with Crippen LogP contribution in [-0.2, 0) is 16.4 Å². The summed E-state index contributed by atoms with van der Waals surface area (Å²) >= 11 is 1.42. The lowest BCUT2D eigenvalue weighted by Crippen LogP contribution is -2.35. The second-order valence-electron chi connectivity index (χ2n) is 8.44. The number of fused-ring (bicyclic) bond motifs is 4. The summed E-state index contributed by atoms with van der Waals surface area (Å²) in [6, 6.07) is 25.7. The van der Waals surface area contributed by atoms with Crippen molar-refractivity contribution < 1.29 is 13.2 Å². The van der Waals surface area contributed by atoms with Crippen LogP contribution in [0.15, 0.2) is 89.8 Å². The third-order valence-corrected chi connectivity index (χ3v) is 9.12. The Labute approximate surface area is 206 Å². The molecule has 0 unspecified atom stereocenters.